The van der Waals surface area contributed by atoms with Crippen molar-refractivity contribution in [2.45, 2.75) is 19.8 Å². The maximum atomic E-state index is 12.4. The monoisotopic (exact) mass is 288 g/mol. The van der Waals surface area contributed by atoms with Gasteiger partial charge in [-0.15, -0.1) is 0 Å². The molecular weight excluding hydrogens is 272 g/mol. The molecule has 1 unspecified atom stereocenters. The smallest absolute Gasteiger partial charge is 0.270 e. The Kier molecular flexibility index (Phi) is 4.19. The molecule has 21 heavy (non-hydrogen) atoms. The summed E-state index contributed by atoms with van der Waals surface area (Å²) in [4.78, 5) is 22.5. The predicted molar refractivity (Wildman–Crippen MR) is 76.7 cm³/mol. The van der Waals surface area contributed by atoms with Gasteiger partial charge in [-0.1, -0.05) is 0 Å². The van der Waals surface area contributed by atoms with Crippen LogP contribution in [-0.2, 0) is 4.79 Å². The van der Waals surface area contributed by atoms with Crippen molar-refractivity contribution in [2.75, 3.05) is 18.4 Å². The number of anilines is 1. The van der Waals surface area contributed by atoms with Crippen molar-refractivity contribution in [1.82, 2.24) is 5.32 Å². The standard InChI is InChI=1S/C14H16N4O3/c1-14(5-2-6-16-9-14)13(19)17-12-4-3-11(18(20)21)7-10(12)8-15/h3-4,7,16H,2,5-6,9H2,1H3,(H,17,19). The van der Waals surface area contributed by atoms with Gasteiger partial charge in [-0.25, -0.2) is 0 Å². The highest BCUT2D eigenvalue weighted by Crippen LogP contribution is 2.29. The molecule has 0 bridgehead atoms. The van der Waals surface area contributed by atoms with Crippen LogP contribution in [0.3, 0.4) is 0 Å². The second-order valence-electron chi connectivity index (χ2n) is 5.39. The third kappa shape index (κ3) is 3.17. The van der Waals surface area contributed by atoms with Gasteiger partial charge < -0.3 is 10.6 Å². The molecule has 1 aliphatic heterocycles. The Morgan fingerprint density at radius 1 is 1.57 bits per heavy atom. The zero-order valence-electron chi connectivity index (χ0n) is 11.7. The quantitative estimate of drug-likeness (QED) is 0.651. The van der Waals surface area contributed by atoms with Crippen LogP contribution in [0.4, 0.5) is 11.4 Å². The van der Waals surface area contributed by atoms with Gasteiger partial charge in [-0.3, -0.25) is 14.9 Å². The summed E-state index contributed by atoms with van der Waals surface area (Å²) < 4.78 is 0. The van der Waals surface area contributed by atoms with Crippen molar-refractivity contribution in [1.29, 1.82) is 5.26 Å². The number of carbonyl (C=O) groups is 1. The Morgan fingerprint density at radius 2 is 2.33 bits per heavy atom. The summed E-state index contributed by atoms with van der Waals surface area (Å²) in [6.45, 7) is 3.34. The van der Waals surface area contributed by atoms with E-state index in [0.717, 1.165) is 25.5 Å². The minimum absolute atomic E-state index is 0.0879. The summed E-state index contributed by atoms with van der Waals surface area (Å²) in [5.74, 6) is -0.181. The predicted octanol–water partition coefficient (Wildman–Crippen LogP) is 1.79. The fourth-order valence-corrected chi connectivity index (χ4v) is 2.37. The van der Waals surface area contributed by atoms with Gasteiger partial charge in [0.05, 0.1) is 21.6 Å². The van der Waals surface area contributed by atoms with Crippen LogP contribution in [0.25, 0.3) is 0 Å². The Balaban J connectivity index is 2.21. The first-order valence-electron chi connectivity index (χ1n) is 6.67. The Bertz CT molecular complexity index is 615. The second kappa shape index (κ2) is 5.89. The first-order valence-corrected chi connectivity index (χ1v) is 6.67. The first kappa shape index (κ1) is 14.9. The Hall–Kier alpha value is -2.46. The van der Waals surface area contributed by atoms with E-state index in [9.17, 15) is 14.9 Å². The summed E-state index contributed by atoms with van der Waals surface area (Å²) in [6.07, 6.45) is 1.68. The van der Waals surface area contributed by atoms with Gasteiger partial charge in [0.25, 0.3) is 5.69 Å². The zero-order valence-corrected chi connectivity index (χ0v) is 11.7. The molecule has 0 spiro atoms. The van der Waals surface area contributed by atoms with Crippen LogP contribution in [0, 0.1) is 26.9 Å². The van der Waals surface area contributed by atoms with E-state index in [2.05, 4.69) is 10.6 Å². The van der Waals surface area contributed by atoms with Gasteiger partial charge in [0.15, 0.2) is 0 Å². The van der Waals surface area contributed by atoms with E-state index < -0.39 is 10.3 Å². The summed E-state index contributed by atoms with van der Waals surface area (Å²) in [6, 6.07) is 5.71. The molecule has 110 valence electrons. The van der Waals surface area contributed by atoms with Crippen molar-refractivity contribution >= 4 is 17.3 Å². The second-order valence-corrected chi connectivity index (χ2v) is 5.39. The van der Waals surface area contributed by atoms with E-state index in [1.807, 2.05) is 13.0 Å². The third-order valence-corrected chi connectivity index (χ3v) is 3.73. The number of piperidine rings is 1. The highest BCUT2D eigenvalue weighted by molar-refractivity contribution is 5.96. The van der Waals surface area contributed by atoms with E-state index in [4.69, 9.17) is 5.26 Å². The molecular formula is C14H16N4O3. The Labute approximate surface area is 122 Å². The SMILES string of the molecule is CC1(C(=O)Nc2ccc([N+](=O)[O-])cc2C#N)CCCNC1. The Morgan fingerprint density at radius 3 is 2.90 bits per heavy atom. The number of nitro groups is 1. The number of hydrogen-bond acceptors (Lipinski definition) is 5. The fraction of sp³-hybridized carbons (Fsp3) is 0.429. The van der Waals surface area contributed by atoms with Crippen LogP contribution in [0.5, 0.6) is 0 Å². The molecule has 0 aromatic heterocycles. The first-order chi connectivity index (χ1) is 9.96. The lowest BCUT2D eigenvalue weighted by Gasteiger charge is -2.32. The number of rotatable bonds is 3. The number of non-ortho nitro benzene ring substituents is 1. The third-order valence-electron chi connectivity index (χ3n) is 3.73. The van der Waals surface area contributed by atoms with Crippen molar-refractivity contribution in [3.63, 3.8) is 0 Å². The molecule has 1 saturated heterocycles. The topological polar surface area (TPSA) is 108 Å². The largest absolute Gasteiger partial charge is 0.324 e. The fourth-order valence-electron chi connectivity index (χ4n) is 2.37. The summed E-state index contributed by atoms with van der Waals surface area (Å²) in [5.41, 5.74) is -0.313. The van der Waals surface area contributed by atoms with Gasteiger partial charge in [-0.2, -0.15) is 5.26 Å². The molecule has 1 atom stereocenters. The molecule has 7 heteroatoms. The van der Waals surface area contributed by atoms with Crippen LogP contribution >= 0.6 is 0 Å². The molecule has 1 heterocycles. The molecule has 0 radical (unpaired) electrons. The van der Waals surface area contributed by atoms with E-state index >= 15 is 0 Å². The molecule has 1 aromatic rings. The lowest BCUT2D eigenvalue weighted by atomic mass is 9.82. The van der Waals surface area contributed by atoms with E-state index in [1.54, 1.807) is 0 Å². The number of nitro benzene ring substituents is 1. The van der Waals surface area contributed by atoms with Crippen molar-refractivity contribution in [3.05, 3.63) is 33.9 Å². The van der Waals surface area contributed by atoms with Crippen molar-refractivity contribution in [2.24, 2.45) is 5.41 Å². The maximum absolute atomic E-state index is 12.4. The normalized spacial score (nSPS) is 21.3. The van der Waals surface area contributed by atoms with Crippen LogP contribution in [-0.4, -0.2) is 23.9 Å². The highest BCUT2D eigenvalue weighted by Gasteiger charge is 2.34. The van der Waals surface area contributed by atoms with Gasteiger partial charge in [-0.05, 0) is 32.4 Å². The van der Waals surface area contributed by atoms with Crippen LogP contribution in [0.1, 0.15) is 25.3 Å². The lowest BCUT2D eigenvalue weighted by molar-refractivity contribution is -0.384. The number of nitriles is 1. The van der Waals surface area contributed by atoms with Gasteiger partial charge in [0, 0.05) is 18.7 Å². The van der Waals surface area contributed by atoms with Gasteiger partial charge >= 0.3 is 0 Å². The summed E-state index contributed by atoms with van der Waals surface area (Å²) in [5, 5.41) is 25.7. The molecule has 7 nitrogen and oxygen atoms in total. The van der Waals surface area contributed by atoms with E-state index in [-0.39, 0.29) is 17.2 Å². The summed E-state index contributed by atoms with van der Waals surface area (Å²) >= 11 is 0. The van der Waals surface area contributed by atoms with Gasteiger partial charge in [0.2, 0.25) is 5.91 Å². The molecule has 2 rings (SSSR count). The minimum atomic E-state index is -0.571. The highest BCUT2D eigenvalue weighted by atomic mass is 16.6. The molecule has 1 aliphatic rings. The maximum Gasteiger partial charge on any atom is 0.270 e. The zero-order chi connectivity index (χ0) is 15.5. The molecule has 1 aromatic carbocycles. The minimum Gasteiger partial charge on any atom is -0.324 e. The molecule has 0 aliphatic carbocycles. The van der Waals surface area contributed by atoms with Crippen LogP contribution < -0.4 is 10.6 Å². The summed E-state index contributed by atoms with van der Waals surface area (Å²) in [7, 11) is 0. The van der Waals surface area contributed by atoms with E-state index in [1.165, 1.54) is 12.1 Å². The average Bonchev–Trinajstić information content (AvgIpc) is 2.48. The number of nitrogens with zero attached hydrogens (tertiary/aromatic N) is 2. The number of amides is 1. The number of nitrogens with one attached hydrogen (secondary N) is 2. The van der Waals surface area contributed by atoms with Crippen LogP contribution in [0.2, 0.25) is 0 Å². The number of benzene rings is 1. The number of hydrogen-bond donors (Lipinski definition) is 2. The van der Waals surface area contributed by atoms with Gasteiger partial charge in [0.1, 0.15) is 6.07 Å². The molecule has 1 amide bonds. The lowest BCUT2D eigenvalue weighted by Crippen LogP contribution is -2.46. The van der Waals surface area contributed by atoms with Crippen LogP contribution in [0.15, 0.2) is 18.2 Å². The molecule has 1 fully saturated rings. The number of carbonyl (C=O) groups excluding carboxylic acids is 1. The molecule has 0 saturated carbocycles. The average molecular weight is 288 g/mol. The van der Waals surface area contributed by atoms with Crippen molar-refractivity contribution in [3.8, 4) is 6.07 Å². The molecule has 2 N–H and O–H groups in total. The van der Waals surface area contributed by atoms with E-state index in [0.29, 0.717) is 12.2 Å². The van der Waals surface area contributed by atoms with Crippen molar-refractivity contribution < 1.29 is 9.72 Å².